The van der Waals surface area contributed by atoms with E-state index >= 15 is 0 Å². The van der Waals surface area contributed by atoms with Crippen LogP contribution in [0.4, 0.5) is 4.39 Å². The van der Waals surface area contributed by atoms with Gasteiger partial charge < -0.3 is 5.32 Å². The fourth-order valence-electron chi connectivity index (χ4n) is 3.05. The van der Waals surface area contributed by atoms with Crippen LogP contribution >= 0.6 is 0 Å². The average molecular weight is 344 g/mol. The van der Waals surface area contributed by atoms with Gasteiger partial charge in [0.25, 0.3) is 0 Å². The normalized spacial score (nSPS) is 19.0. The van der Waals surface area contributed by atoms with Crippen molar-refractivity contribution in [2.45, 2.75) is 25.9 Å². The first kappa shape index (κ1) is 19.3. The van der Waals surface area contributed by atoms with Crippen LogP contribution in [0.15, 0.2) is 60.0 Å². The number of likely N-dealkylation sites (tertiary alicyclic amines) is 1. The van der Waals surface area contributed by atoms with E-state index in [0.717, 1.165) is 32.6 Å². The van der Waals surface area contributed by atoms with Crippen molar-refractivity contribution in [3.8, 4) is 0 Å². The number of rotatable bonds is 8. The van der Waals surface area contributed by atoms with Crippen LogP contribution in [0.1, 0.15) is 18.9 Å². The van der Waals surface area contributed by atoms with Crippen molar-refractivity contribution in [1.29, 1.82) is 0 Å². The molecule has 136 valence electrons. The topological polar surface area (TPSA) is 30.9 Å². The third kappa shape index (κ3) is 6.44. The van der Waals surface area contributed by atoms with Crippen molar-refractivity contribution in [3.63, 3.8) is 0 Å². The minimum absolute atomic E-state index is 0.218. The zero-order valence-corrected chi connectivity index (χ0v) is 15.3. The molecule has 1 aromatic rings. The molecule has 25 heavy (non-hydrogen) atoms. The maximum Gasteiger partial charge on any atom is 0.161 e. The lowest BCUT2D eigenvalue weighted by molar-refractivity contribution is 0.226. The van der Waals surface area contributed by atoms with E-state index < -0.39 is 5.83 Å². The molecule has 1 saturated heterocycles. The Morgan fingerprint density at radius 3 is 2.88 bits per heavy atom. The zero-order valence-electron chi connectivity index (χ0n) is 15.3. The third-order valence-electron chi connectivity index (χ3n) is 4.48. The Kier molecular flexibility index (Phi) is 7.82. The summed E-state index contributed by atoms with van der Waals surface area (Å²) in [6.45, 7) is 9.65. The molecule has 4 nitrogen and oxygen atoms in total. The molecule has 1 aromatic carbocycles. The number of hydrogen-bond donors (Lipinski definition) is 1. The van der Waals surface area contributed by atoms with Crippen LogP contribution in [-0.4, -0.2) is 54.9 Å². The van der Waals surface area contributed by atoms with E-state index in [1.807, 2.05) is 13.0 Å². The molecule has 1 aliphatic heterocycles. The van der Waals surface area contributed by atoms with Gasteiger partial charge in [0.2, 0.25) is 0 Å². The summed E-state index contributed by atoms with van der Waals surface area (Å²) < 4.78 is 13.3. The van der Waals surface area contributed by atoms with E-state index in [9.17, 15) is 4.39 Å². The molecule has 1 N–H and O–H groups in total. The molecule has 0 amide bonds. The standard InChI is InChI=1S/C20H29FN4/c1-4-11-22-20(17(2)21)23-12-14-25-13-10-19(16-25)24(3)15-18-8-6-5-7-9-18/h4-9,11,19H,2,10,12-16H2,1,3H3,(H,22,23)/b11-4-. The molecule has 2 rings (SSSR count). The summed E-state index contributed by atoms with van der Waals surface area (Å²) in [5, 5.41) is 2.82. The summed E-state index contributed by atoms with van der Waals surface area (Å²) in [6, 6.07) is 11.1. The lowest BCUT2D eigenvalue weighted by atomic mass is 10.1. The Morgan fingerprint density at radius 1 is 1.44 bits per heavy atom. The predicted octanol–water partition coefficient (Wildman–Crippen LogP) is 3.20. The van der Waals surface area contributed by atoms with Crippen LogP contribution in [0, 0.1) is 0 Å². The van der Waals surface area contributed by atoms with Crippen molar-refractivity contribution >= 4 is 5.84 Å². The molecule has 0 aromatic heterocycles. The van der Waals surface area contributed by atoms with Crippen LogP contribution in [0.2, 0.25) is 0 Å². The summed E-state index contributed by atoms with van der Waals surface area (Å²) in [6.07, 6.45) is 4.62. The average Bonchev–Trinajstić information content (AvgIpc) is 3.07. The lowest BCUT2D eigenvalue weighted by Crippen LogP contribution is -2.34. The molecular formula is C20H29FN4. The fraction of sp³-hybridized carbons (Fsp3) is 0.450. The smallest absolute Gasteiger partial charge is 0.161 e. The van der Waals surface area contributed by atoms with Gasteiger partial charge in [-0.3, -0.25) is 14.8 Å². The van der Waals surface area contributed by atoms with Crippen LogP contribution in [0.5, 0.6) is 0 Å². The van der Waals surface area contributed by atoms with Gasteiger partial charge in [0, 0.05) is 25.7 Å². The zero-order chi connectivity index (χ0) is 18.1. The first-order valence-electron chi connectivity index (χ1n) is 8.83. The minimum Gasteiger partial charge on any atom is -0.345 e. The van der Waals surface area contributed by atoms with Crippen molar-refractivity contribution in [2.75, 3.05) is 33.2 Å². The molecule has 1 fully saturated rings. The number of amidine groups is 1. The molecule has 0 saturated carbocycles. The second-order valence-electron chi connectivity index (χ2n) is 6.42. The third-order valence-corrected chi connectivity index (χ3v) is 4.48. The monoisotopic (exact) mass is 344 g/mol. The quantitative estimate of drug-likeness (QED) is 0.580. The number of halogens is 1. The van der Waals surface area contributed by atoms with Crippen molar-refractivity contribution < 1.29 is 4.39 Å². The summed E-state index contributed by atoms with van der Waals surface area (Å²) >= 11 is 0. The highest BCUT2D eigenvalue weighted by Gasteiger charge is 2.25. The first-order valence-corrected chi connectivity index (χ1v) is 8.83. The van der Waals surface area contributed by atoms with E-state index in [1.165, 1.54) is 5.56 Å². The van der Waals surface area contributed by atoms with Gasteiger partial charge in [0.15, 0.2) is 11.7 Å². The van der Waals surface area contributed by atoms with Gasteiger partial charge in [-0.1, -0.05) is 43.0 Å². The predicted molar refractivity (Wildman–Crippen MR) is 103 cm³/mol. The second kappa shape index (κ2) is 10.1. The van der Waals surface area contributed by atoms with Crippen molar-refractivity contribution in [2.24, 2.45) is 4.99 Å². The van der Waals surface area contributed by atoms with Crippen LogP contribution in [0.3, 0.4) is 0 Å². The first-order chi connectivity index (χ1) is 12.1. The molecule has 1 atom stereocenters. The Labute approximate surface area is 150 Å². The fourth-order valence-corrected chi connectivity index (χ4v) is 3.05. The number of aliphatic imine (C=N–C) groups is 1. The van der Waals surface area contributed by atoms with E-state index in [0.29, 0.717) is 12.6 Å². The summed E-state index contributed by atoms with van der Waals surface area (Å²) in [5.74, 6) is -0.310. The van der Waals surface area contributed by atoms with E-state index in [2.05, 4.69) is 58.0 Å². The van der Waals surface area contributed by atoms with Gasteiger partial charge in [-0.2, -0.15) is 0 Å². The number of nitrogens with zero attached hydrogens (tertiary/aromatic N) is 3. The van der Waals surface area contributed by atoms with Gasteiger partial charge >= 0.3 is 0 Å². The van der Waals surface area contributed by atoms with Gasteiger partial charge in [-0.25, -0.2) is 4.39 Å². The largest absolute Gasteiger partial charge is 0.345 e. The van der Waals surface area contributed by atoms with E-state index in [-0.39, 0.29) is 5.84 Å². The van der Waals surface area contributed by atoms with Gasteiger partial charge in [-0.15, -0.1) is 0 Å². The van der Waals surface area contributed by atoms with Crippen LogP contribution < -0.4 is 5.32 Å². The molecule has 0 aliphatic carbocycles. The highest BCUT2D eigenvalue weighted by molar-refractivity contribution is 5.96. The maximum atomic E-state index is 13.3. The molecule has 0 radical (unpaired) electrons. The molecule has 5 heteroatoms. The molecule has 0 bridgehead atoms. The molecule has 0 spiro atoms. The Bertz CT molecular complexity index is 597. The Hall–Kier alpha value is -1.98. The highest BCUT2D eigenvalue weighted by Crippen LogP contribution is 2.16. The maximum absolute atomic E-state index is 13.3. The summed E-state index contributed by atoms with van der Waals surface area (Å²) in [4.78, 5) is 9.10. The second-order valence-corrected chi connectivity index (χ2v) is 6.42. The van der Waals surface area contributed by atoms with Crippen LogP contribution in [-0.2, 0) is 6.54 Å². The van der Waals surface area contributed by atoms with E-state index in [4.69, 9.17) is 0 Å². The number of likely N-dealkylation sites (N-methyl/N-ethyl adjacent to an activating group) is 1. The summed E-state index contributed by atoms with van der Waals surface area (Å²) in [5.41, 5.74) is 1.34. The van der Waals surface area contributed by atoms with Crippen LogP contribution in [0.25, 0.3) is 0 Å². The summed E-state index contributed by atoms with van der Waals surface area (Å²) in [7, 11) is 2.19. The molecule has 1 unspecified atom stereocenters. The van der Waals surface area contributed by atoms with Gasteiger partial charge in [0.05, 0.1) is 6.54 Å². The highest BCUT2D eigenvalue weighted by atomic mass is 19.1. The molecular weight excluding hydrogens is 315 g/mol. The van der Waals surface area contributed by atoms with E-state index in [1.54, 1.807) is 12.3 Å². The van der Waals surface area contributed by atoms with Gasteiger partial charge in [-0.05, 0) is 38.7 Å². The molecule has 1 heterocycles. The molecule has 1 aliphatic rings. The number of allylic oxidation sites excluding steroid dienone is 1. The number of nitrogens with one attached hydrogen (secondary N) is 1. The Balaban J connectivity index is 1.77. The SMILES string of the molecule is C=C(F)C(=NCCN1CCC(N(C)Cc2ccccc2)C1)N/C=C\C. The van der Waals surface area contributed by atoms with Crippen molar-refractivity contribution in [3.05, 3.63) is 60.6 Å². The number of benzene rings is 1. The minimum atomic E-state index is -0.528. The number of hydrogen-bond acceptors (Lipinski definition) is 3. The Morgan fingerprint density at radius 2 is 2.20 bits per heavy atom. The van der Waals surface area contributed by atoms with Crippen molar-refractivity contribution in [1.82, 2.24) is 15.1 Å². The van der Waals surface area contributed by atoms with Gasteiger partial charge in [0.1, 0.15) is 0 Å². The lowest BCUT2D eigenvalue weighted by Gasteiger charge is -2.24.